The molecule has 0 saturated heterocycles. The average Bonchev–Trinajstić information content (AvgIpc) is 3.47. The molecule has 1 fully saturated rings. The van der Waals surface area contributed by atoms with Crippen LogP contribution >= 0.6 is 0 Å². The summed E-state index contributed by atoms with van der Waals surface area (Å²) < 4.78 is 21.2. The van der Waals surface area contributed by atoms with E-state index in [1.165, 1.54) is 12.1 Å². The minimum Gasteiger partial charge on any atom is -0.505 e. The van der Waals surface area contributed by atoms with E-state index in [2.05, 4.69) is 34.2 Å². The van der Waals surface area contributed by atoms with Crippen molar-refractivity contribution in [1.82, 2.24) is 14.6 Å². The van der Waals surface area contributed by atoms with E-state index < -0.39 is 11.6 Å². The molecule has 0 amide bonds. The maximum absolute atomic E-state index is 14.2. The molecule has 204 valence electrons. The number of aromatic nitrogens is 3. The van der Waals surface area contributed by atoms with Crippen LogP contribution < -0.4 is 21.5 Å². The van der Waals surface area contributed by atoms with Crippen LogP contribution in [0.15, 0.2) is 53.9 Å². The van der Waals surface area contributed by atoms with Gasteiger partial charge in [-0.15, -0.1) is 0 Å². The van der Waals surface area contributed by atoms with Crippen molar-refractivity contribution in [2.45, 2.75) is 52.1 Å². The highest BCUT2D eigenvalue weighted by Gasteiger charge is 2.41. The first-order valence-corrected chi connectivity index (χ1v) is 13.0. The number of nitrogens with zero attached hydrogens (tertiary/aromatic N) is 4. The zero-order valence-electron chi connectivity index (χ0n) is 22.6. The van der Waals surface area contributed by atoms with Gasteiger partial charge in [-0.25, -0.2) is 18.9 Å². The predicted molar refractivity (Wildman–Crippen MR) is 151 cm³/mol. The van der Waals surface area contributed by atoms with Crippen LogP contribution in [-0.2, 0) is 6.42 Å². The van der Waals surface area contributed by atoms with Gasteiger partial charge in [-0.05, 0) is 48.4 Å². The van der Waals surface area contributed by atoms with Crippen LogP contribution in [0.1, 0.15) is 44.7 Å². The molecule has 39 heavy (non-hydrogen) atoms. The van der Waals surface area contributed by atoms with Crippen LogP contribution in [0, 0.1) is 11.2 Å². The quantitative estimate of drug-likeness (QED) is 0.199. The monoisotopic (exact) mass is 531 g/mol. The molecule has 2 atom stereocenters. The fraction of sp³-hybridized carbons (Fsp3) is 0.345. The molecule has 4 aromatic rings. The largest absolute Gasteiger partial charge is 0.505 e. The molecule has 1 aromatic carbocycles. The predicted octanol–water partition coefficient (Wildman–Crippen LogP) is 4.78. The standard InChI is InChI=1S/C29H34FN7O2/c1-5-16-11-23(38)20(30)12-21(16)35-28(32)19-14-34-37-15-18(17-6-9-26(39-4)33-13-17)10-22(37)27(19)36-25-8-7-24(31)29(25,2)3/h6,9-15,24-25,36,38H,5,7-8,31H2,1-4H3,(H2,32,35). The number of methoxy groups -OCH3 is 1. The van der Waals surface area contributed by atoms with Crippen molar-refractivity contribution in [3.63, 3.8) is 0 Å². The number of aromatic hydroxyl groups is 1. The zero-order chi connectivity index (χ0) is 27.9. The molecule has 1 aliphatic carbocycles. The number of phenolic OH excluding ortho intramolecular Hbond substituents is 1. The van der Waals surface area contributed by atoms with Crippen LogP contribution in [0.25, 0.3) is 16.6 Å². The number of hydrogen-bond acceptors (Lipinski definition) is 7. The second-order valence-electron chi connectivity index (χ2n) is 10.6. The van der Waals surface area contributed by atoms with Crippen molar-refractivity contribution in [3.05, 3.63) is 65.9 Å². The molecule has 3 heterocycles. The van der Waals surface area contributed by atoms with E-state index in [0.29, 0.717) is 29.1 Å². The van der Waals surface area contributed by atoms with Gasteiger partial charge in [-0.2, -0.15) is 5.10 Å². The lowest BCUT2D eigenvalue weighted by Gasteiger charge is -2.32. The lowest BCUT2D eigenvalue weighted by molar-refractivity contribution is 0.308. The van der Waals surface area contributed by atoms with E-state index in [4.69, 9.17) is 16.2 Å². The van der Waals surface area contributed by atoms with Gasteiger partial charge in [0.15, 0.2) is 11.6 Å². The Bertz CT molecular complexity index is 1550. The van der Waals surface area contributed by atoms with Crippen molar-refractivity contribution in [3.8, 4) is 22.8 Å². The number of anilines is 1. The number of pyridine rings is 1. The molecular formula is C29H34FN7O2. The highest BCUT2D eigenvalue weighted by Crippen LogP contribution is 2.40. The number of nitrogens with one attached hydrogen (secondary N) is 1. The minimum atomic E-state index is -0.753. The van der Waals surface area contributed by atoms with Crippen LogP contribution in [0.2, 0.25) is 0 Å². The van der Waals surface area contributed by atoms with Crippen LogP contribution in [0.5, 0.6) is 11.6 Å². The molecular weight excluding hydrogens is 497 g/mol. The Labute approximate surface area is 226 Å². The number of hydrogen-bond donors (Lipinski definition) is 4. The SMILES string of the molecule is CCc1cc(O)c(F)cc1N=C(N)c1cnn2cc(-c3ccc(OC)nc3)cc2c1NC1CCC(N)C1(C)C. The third-order valence-corrected chi connectivity index (χ3v) is 7.90. The first-order chi connectivity index (χ1) is 18.6. The number of phenols is 1. The summed E-state index contributed by atoms with van der Waals surface area (Å²) in [5, 5.41) is 18.2. The van der Waals surface area contributed by atoms with Gasteiger partial charge in [0.25, 0.3) is 0 Å². The van der Waals surface area contributed by atoms with E-state index in [-0.39, 0.29) is 23.3 Å². The smallest absolute Gasteiger partial charge is 0.212 e. The number of rotatable bonds is 7. The Morgan fingerprint density at radius 1 is 1.23 bits per heavy atom. The second kappa shape index (κ2) is 10.2. The van der Waals surface area contributed by atoms with Crippen LogP contribution in [0.3, 0.4) is 0 Å². The van der Waals surface area contributed by atoms with Crippen molar-refractivity contribution in [1.29, 1.82) is 0 Å². The normalized spacial score (nSPS) is 19.0. The van der Waals surface area contributed by atoms with E-state index in [1.807, 2.05) is 31.3 Å². The molecule has 0 bridgehead atoms. The highest BCUT2D eigenvalue weighted by molar-refractivity contribution is 6.06. The van der Waals surface area contributed by atoms with Gasteiger partial charge in [0.1, 0.15) is 5.84 Å². The molecule has 5 rings (SSSR count). The summed E-state index contributed by atoms with van der Waals surface area (Å²) in [6.45, 7) is 6.23. The molecule has 2 unspecified atom stereocenters. The average molecular weight is 532 g/mol. The van der Waals surface area contributed by atoms with Gasteiger partial charge in [0, 0.05) is 47.7 Å². The van der Waals surface area contributed by atoms with Crippen LogP contribution in [-0.4, -0.2) is 44.7 Å². The van der Waals surface area contributed by atoms with Crippen LogP contribution in [0.4, 0.5) is 15.8 Å². The third kappa shape index (κ3) is 4.87. The number of fused-ring (bicyclic) bond motifs is 1. The van der Waals surface area contributed by atoms with E-state index >= 15 is 0 Å². The number of amidine groups is 1. The van der Waals surface area contributed by atoms with E-state index in [1.54, 1.807) is 24.0 Å². The maximum atomic E-state index is 14.2. The Kier molecular flexibility index (Phi) is 6.90. The zero-order valence-corrected chi connectivity index (χ0v) is 22.6. The second-order valence-corrected chi connectivity index (χ2v) is 10.6. The maximum Gasteiger partial charge on any atom is 0.212 e. The van der Waals surface area contributed by atoms with Crippen molar-refractivity contribution >= 4 is 22.7 Å². The molecule has 6 N–H and O–H groups in total. The van der Waals surface area contributed by atoms with Gasteiger partial charge in [0.05, 0.1) is 35.8 Å². The third-order valence-electron chi connectivity index (χ3n) is 7.90. The number of ether oxygens (including phenoxy) is 1. The van der Waals surface area contributed by atoms with Gasteiger partial charge in [0.2, 0.25) is 5.88 Å². The fourth-order valence-corrected chi connectivity index (χ4v) is 5.19. The summed E-state index contributed by atoms with van der Waals surface area (Å²) in [6.07, 6.45) is 7.70. The summed E-state index contributed by atoms with van der Waals surface area (Å²) in [6, 6.07) is 8.50. The van der Waals surface area contributed by atoms with Gasteiger partial charge >= 0.3 is 0 Å². The molecule has 1 aliphatic rings. The molecule has 1 saturated carbocycles. The summed E-state index contributed by atoms with van der Waals surface area (Å²) in [5.74, 6) is -0.451. The topological polar surface area (TPSA) is 136 Å². The Morgan fingerprint density at radius 2 is 2.03 bits per heavy atom. The van der Waals surface area contributed by atoms with Crippen molar-refractivity contribution in [2.75, 3.05) is 12.4 Å². The summed E-state index contributed by atoms with van der Waals surface area (Å²) in [7, 11) is 1.58. The number of nitrogens with two attached hydrogens (primary N) is 2. The summed E-state index contributed by atoms with van der Waals surface area (Å²) in [5.41, 5.74) is 17.9. The first-order valence-electron chi connectivity index (χ1n) is 13.0. The van der Waals surface area contributed by atoms with Crippen molar-refractivity contribution < 1.29 is 14.2 Å². The first kappa shape index (κ1) is 26.4. The van der Waals surface area contributed by atoms with E-state index in [0.717, 1.165) is 35.2 Å². The van der Waals surface area contributed by atoms with E-state index in [9.17, 15) is 9.50 Å². The Balaban J connectivity index is 1.65. The molecule has 0 spiro atoms. The fourth-order valence-electron chi connectivity index (χ4n) is 5.19. The highest BCUT2D eigenvalue weighted by atomic mass is 19.1. The summed E-state index contributed by atoms with van der Waals surface area (Å²) in [4.78, 5) is 8.91. The Morgan fingerprint density at radius 3 is 2.67 bits per heavy atom. The molecule has 3 aromatic heterocycles. The van der Waals surface area contributed by atoms with Gasteiger partial charge < -0.3 is 26.6 Å². The lowest BCUT2D eigenvalue weighted by Crippen LogP contribution is -2.42. The number of aryl methyl sites for hydroxylation is 1. The number of halogens is 1. The minimum absolute atomic E-state index is 0.0575. The number of aliphatic imine (C=N–C) groups is 1. The Hall–Kier alpha value is -4.18. The van der Waals surface area contributed by atoms with Crippen molar-refractivity contribution in [2.24, 2.45) is 21.9 Å². The molecule has 0 radical (unpaired) electrons. The molecule has 9 nitrogen and oxygen atoms in total. The van der Waals surface area contributed by atoms with Gasteiger partial charge in [-0.3, -0.25) is 0 Å². The lowest BCUT2D eigenvalue weighted by atomic mass is 9.84. The summed E-state index contributed by atoms with van der Waals surface area (Å²) >= 11 is 0. The van der Waals surface area contributed by atoms with Gasteiger partial charge in [-0.1, -0.05) is 20.8 Å². The molecule has 0 aliphatic heterocycles. The molecule has 10 heteroatoms. The number of benzene rings is 1.